The van der Waals surface area contributed by atoms with Gasteiger partial charge in [-0.2, -0.15) is 0 Å². The molecular weight excluding hydrogens is 457 g/mol. The predicted octanol–water partition coefficient (Wildman–Crippen LogP) is 6.57. The molecule has 2 unspecified atom stereocenters. The minimum absolute atomic E-state index is 0.0812. The van der Waals surface area contributed by atoms with Gasteiger partial charge >= 0.3 is 6.36 Å². The summed E-state index contributed by atoms with van der Waals surface area (Å²) in [6.45, 7) is 4.51. The van der Waals surface area contributed by atoms with E-state index in [1.54, 1.807) is 6.07 Å². The van der Waals surface area contributed by atoms with Gasteiger partial charge in [-0.05, 0) is 86.4 Å². The molecule has 0 bridgehead atoms. The second kappa shape index (κ2) is 9.09. The van der Waals surface area contributed by atoms with Crippen molar-refractivity contribution in [3.8, 4) is 5.75 Å². The summed E-state index contributed by atoms with van der Waals surface area (Å²) in [4.78, 5) is 17.5. The number of benzene rings is 2. The second-order valence-corrected chi connectivity index (χ2v) is 10.0. The van der Waals surface area contributed by atoms with Crippen LogP contribution in [0.3, 0.4) is 0 Å². The Morgan fingerprint density at radius 3 is 2.34 bits per heavy atom. The molecule has 2 aromatic carbocycles. The van der Waals surface area contributed by atoms with Crippen molar-refractivity contribution in [1.29, 1.82) is 0 Å². The van der Waals surface area contributed by atoms with Crippen LogP contribution in [-0.2, 0) is 0 Å². The van der Waals surface area contributed by atoms with Crippen molar-refractivity contribution in [2.24, 2.45) is 11.8 Å². The number of rotatable bonds is 6. The van der Waals surface area contributed by atoms with Gasteiger partial charge in [0.1, 0.15) is 5.75 Å². The van der Waals surface area contributed by atoms with Gasteiger partial charge in [0.15, 0.2) is 0 Å². The van der Waals surface area contributed by atoms with Crippen LogP contribution in [0.1, 0.15) is 62.4 Å². The third kappa shape index (κ3) is 5.55. The van der Waals surface area contributed by atoms with E-state index in [1.165, 1.54) is 30.7 Å². The van der Waals surface area contributed by atoms with Gasteiger partial charge in [-0.3, -0.25) is 4.79 Å². The maximum atomic E-state index is 12.7. The number of amides is 1. The first-order valence-electron chi connectivity index (χ1n) is 12.1. The number of alkyl halides is 3. The number of nitrogens with zero attached hydrogens (tertiary/aromatic N) is 2. The highest BCUT2D eigenvalue weighted by molar-refractivity contribution is 5.98. The Kier molecular flexibility index (Phi) is 6.11. The molecule has 0 spiro atoms. The zero-order valence-electron chi connectivity index (χ0n) is 19.7. The third-order valence-corrected chi connectivity index (χ3v) is 6.73. The number of carbonyl (C=O) groups excluding carboxylic acids is 1. The van der Waals surface area contributed by atoms with Gasteiger partial charge in [-0.25, -0.2) is 4.98 Å². The highest BCUT2D eigenvalue weighted by Gasteiger charge is 2.31. The van der Waals surface area contributed by atoms with Gasteiger partial charge in [0.2, 0.25) is 5.95 Å². The SMILES string of the molecule is CC1CC(C)CC(n2c(Nc3ccc(OC(F)(F)F)cc3)nc3ccc(C(=O)NC4CC4)cc32)C1. The van der Waals surface area contributed by atoms with Crippen molar-refractivity contribution in [1.82, 2.24) is 14.9 Å². The summed E-state index contributed by atoms with van der Waals surface area (Å²) >= 11 is 0. The molecule has 0 saturated heterocycles. The zero-order valence-corrected chi connectivity index (χ0v) is 19.7. The van der Waals surface area contributed by atoms with Gasteiger partial charge < -0.3 is 19.9 Å². The normalized spacial score (nSPS) is 22.7. The van der Waals surface area contributed by atoms with Gasteiger partial charge in [0.05, 0.1) is 11.0 Å². The number of ether oxygens (including phenoxy) is 1. The first-order chi connectivity index (χ1) is 16.6. The third-order valence-electron chi connectivity index (χ3n) is 6.73. The Balaban J connectivity index is 1.49. The zero-order chi connectivity index (χ0) is 24.7. The molecule has 2 aliphatic rings. The van der Waals surface area contributed by atoms with E-state index in [1.807, 2.05) is 12.1 Å². The molecule has 1 aromatic heterocycles. The molecule has 5 rings (SSSR count). The molecule has 0 aliphatic heterocycles. The lowest BCUT2D eigenvalue weighted by molar-refractivity contribution is -0.274. The molecule has 2 fully saturated rings. The summed E-state index contributed by atoms with van der Waals surface area (Å²) in [6.07, 6.45) is 0.445. The monoisotopic (exact) mass is 486 g/mol. The molecule has 2 aliphatic carbocycles. The molecular formula is C26H29F3N4O2. The fourth-order valence-electron chi connectivity index (χ4n) is 5.17. The van der Waals surface area contributed by atoms with Gasteiger partial charge in [-0.15, -0.1) is 13.2 Å². The van der Waals surface area contributed by atoms with Crippen LogP contribution in [0.4, 0.5) is 24.8 Å². The summed E-state index contributed by atoms with van der Waals surface area (Å²) in [5, 5.41) is 6.32. The average Bonchev–Trinajstić information content (AvgIpc) is 3.51. The largest absolute Gasteiger partial charge is 0.573 e. The summed E-state index contributed by atoms with van der Waals surface area (Å²) in [6, 6.07) is 11.6. The Morgan fingerprint density at radius 1 is 1.03 bits per heavy atom. The van der Waals surface area contributed by atoms with Crippen LogP contribution in [0.2, 0.25) is 0 Å². The van der Waals surface area contributed by atoms with E-state index in [2.05, 4.69) is 33.8 Å². The summed E-state index contributed by atoms with van der Waals surface area (Å²) in [5.41, 5.74) is 2.83. The second-order valence-electron chi connectivity index (χ2n) is 10.0. The molecule has 2 atom stereocenters. The van der Waals surface area contributed by atoms with Crippen molar-refractivity contribution in [3.63, 3.8) is 0 Å². The number of nitrogens with one attached hydrogen (secondary N) is 2. The molecule has 186 valence electrons. The van der Waals surface area contributed by atoms with E-state index in [0.29, 0.717) is 29.0 Å². The minimum atomic E-state index is -4.74. The van der Waals surface area contributed by atoms with E-state index in [-0.39, 0.29) is 23.7 Å². The van der Waals surface area contributed by atoms with Crippen molar-refractivity contribution < 1.29 is 22.7 Å². The number of halogens is 3. The number of hydrogen-bond acceptors (Lipinski definition) is 4. The highest BCUT2D eigenvalue weighted by Crippen LogP contribution is 2.40. The van der Waals surface area contributed by atoms with Crippen LogP contribution >= 0.6 is 0 Å². The van der Waals surface area contributed by atoms with Crippen LogP contribution in [-0.4, -0.2) is 27.9 Å². The lowest BCUT2D eigenvalue weighted by atomic mass is 9.80. The molecule has 2 saturated carbocycles. The molecule has 3 aromatic rings. The minimum Gasteiger partial charge on any atom is -0.406 e. The number of hydrogen-bond donors (Lipinski definition) is 2. The summed E-state index contributed by atoms with van der Waals surface area (Å²) in [5.74, 6) is 1.35. The molecule has 1 heterocycles. The molecule has 0 radical (unpaired) electrons. The standard InChI is InChI=1S/C26H29F3N4O2/c1-15-11-16(2)13-20(12-15)33-23-14-17(24(34)30-18-4-5-18)3-10-22(23)32-25(33)31-19-6-8-21(9-7-19)35-26(27,28)29/h3,6-10,14-16,18,20H,4-5,11-13H2,1-2H3,(H,30,34)(H,31,32). The number of fused-ring (bicyclic) bond motifs is 1. The fraction of sp³-hybridized carbons (Fsp3) is 0.462. The van der Waals surface area contributed by atoms with Crippen LogP contribution in [0, 0.1) is 11.8 Å². The first-order valence-corrected chi connectivity index (χ1v) is 12.1. The first kappa shape index (κ1) is 23.5. The Hall–Kier alpha value is -3.23. The lowest BCUT2D eigenvalue weighted by Gasteiger charge is -2.33. The Bertz CT molecular complexity index is 1210. The van der Waals surface area contributed by atoms with Gasteiger partial charge in [0.25, 0.3) is 5.91 Å². The highest BCUT2D eigenvalue weighted by atomic mass is 19.4. The van der Waals surface area contributed by atoms with E-state index in [4.69, 9.17) is 4.98 Å². The lowest BCUT2D eigenvalue weighted by Crippen LogP contribution is -2.25. The number of anilines is 2. The maximum Gasteiger partial charge on any atom is 0.573 e. The molecule has 9 heteroatoms. The Labute approximate surface area is 201 Å². The van der Waals surface area contributed by atoms with E-state index in [0.717, 1.165) is 36.7 Å². The van der Waals surface area contributed by atoms with E-state index in [9.17, 15) is 18.0 Å². The quantitative estimate of drug-likeness (QED) is 0.414. The maximum absolute atomic E-state index is 12.7. The number of aromatic nitrogens is 2. The van der Waals surface area contributed by atoms with Crippen molar-refractivity contribution in [3.05, 3.63) is 48.0 Å². The van der Waals surface area contributed by atoms with Crippen LogP contribution in [0.15, 0.2) is 42.5 Å². The topological polar surface area (TPSA) is 68.2 Å². The van der Waals surface area contributed by atoms with Gasteiger partial charge in [-0.1, -0.05) is 13.8 Å². The van der Waals surface area contributed by atoms with Crippen LogP contribution in [0.5, 0.6) is 5.75 Å². The molecule has 6 nitrogen and oxygen atoms in total. The predicted molar refractivity (Wildman–Crippen MR) is 128 cm³/mol. The van der Waals surface area contributed by atoms with Gasteiger partial charge in [0, 0.05) is 23.3 Å². The summed E-state index contributed by atoms with van der Waals surface area (Å²) < 4.78 is 43.7. The van der Waals surface area contributed by atoms with Crippen molar-refractivity contribution >= 4 is 28.6 Å². The average molecular weight is 487 g/mol. The molecule has 1 amide bonds. The van der Waals surface area contributed by atoms with Crippen LogP contribution < -0.4 is 15.4 Å². The molecule has 2 N–H and O–H groups in total. The van der Waals surface area contributed by atoms with E-state index >= 15 is 0 Å². The fourth-order valence-corrected chi connectivity index (χ4v) is 5.17. The van der Waals surface area contributed by atoms with E-state index < -0.39 is 6.36 Å². The van der Waals surface area contributed by atoms with Crippen molar-refractivity contribution in [2.75, 3.05) is 5.32 Å². The number of carbonyl (C=O) groups is 1. The smallest absolute Gasteiger partial charge is 0.406 e. The summed E-state index contributed by atoms with van der Waals surface area (Å²) in [7, 11) is 0. The number of imidazole rings is 1. The Morgan fingerprint density at radius 2 is 1.71 bits per heavy atom. The van der Waals surface area contributed by atoms with Crippen LogP contribution in [0.25, 0.3) is 11.0 Å². The van der Waals surface area contributed by atoms with Crippen molar-refractivity contribution in [2.45, 2.75) is 64.4 Å². The molecule has 35 heavy (non-hydrogen) atoms.